The van der Waals surface area contributed by atoms with Crippen LogP contribution in [0.1, 0.15) is 26.7 Å². The van der Waals surface area contributed by atoms with Crippen LogP contribution in [0.25, 0.3) is 0 Å². The Labute approximate surface area is 93.7 Å². The van der Waals surface area contributed by atoms with Gasteiger partial charge in [0.15, 0.2) is 0 Å². The molecule has 3 heteroatoms. The average Bonchev–Trinajstić information content (AvgIpc) is 2.20. The second kappa shape index (κ2) is 7.20. The lowest BCUT2D eigenvalue weighted by atomic mass is 10.0. The number of hydrogen-bond acceptors (Lipinski definition) is 3. The first-order valence-electron chi connectivity index (χ1n) is 6.04. The van der Waals surface area contributed by atoms with Gasteiger partial charge < -0.3 is 9.47 Å². The second-order valence-corrected chi connectivity index (χ2v) is 4.74. The zero-order valence-corrected chi connectivity index (χ0v) is 10.4. The Bertz CT molecular complexity index is 162. The van der Waals surface area contributed by atoms with E-state index < -0.39 is 0 Å². The maximum absolute atomic E-state index is 5.55. The lowest BCUT2D eigenvalue weighted by Crippen LogP contribution is -2.46. The Hall–Kier alpha value is -0.120. The fourth-order valence-electron chi connectivity index (χ4n) is 2.16. The van der Waals surface area contributed by atoms with E-state index in [1.807, 2.05) is 0 Å². The number of hydrogen-bond donors (Lipinski definition) is 0. The molecule has 0 aromatic carbocycles. The molecule has 0 aliphatic carbocycles. The van der Waals surface area contributed by atoms with Crippen molar-refractivity contribution in [3.63, 3.8) is 0 Å². The van der Waals surface area contributed by atoms with Crippen LogP contribution in [0.2, 0.25) is 0 Å². The molecule has 90 valence electrons. The van der Waals surface area contributed by atoms with E-state index in [0.29, 0.717) is 6.04 Å². The minimum Gasteiger partial charge on any atom is -0.385 e. The highest BCUT2D eigenvalue weighted by Gasteiger charge is 2.22. The van der Waals surface area contributed by atoms with Gasteiger partial charge in [0.05, 0.1) is 13.2 Å². The minimum atomic E-state index is 0.621. The molecule has 15 heavy (non-hydrogen) atoms. The lowest BCUT2D eigenvalue weighted by Gasteiger charge is -2.36. The van der Waals surface area contributed by atoms with Crippen molar-refractivity contribution in [3.05, 3.63) is 0 Å². The van der Waals surface area contributed by atoms with E-state index in [1.54, 1.807) is 7.11 Å². The zero-order chi connectivity index (χ0) is 11.1. The Morgan fingerprint density at radius 3 is 2.93 bits per heavy atom. The lowest BCUT2D eigenvalue weighted by molar-refractivity contribution is -0.0172. The molecule has 0 aromatic rings. The Balaban J connectivity index is 2.29. The number of rotatable bonds is 6. The van der Waals surface area contributed by atoms with Crippen molar-refractivity contribution in [1.82, 2.24) is 4.90 Å². The molecule has 1 aliphatic heterocycles. The van der Waals surface area contributed by atoms with Crippen molar-refractivity contribution in [2.24, 2.45) is 5.92 Å². The summed E-state index contributed by atoms with van der Waals surface area (Å²) in [4.78, 5) is 2.56. The summed E-state index contributed by atoms with van der Waals surface area (Å²) in [6, 6.07) is 0.621. The third kappa shape index (κ3) is 4.96. The molecule has 0 saturated carbocycles. The molecule has 0 amide bonds. The first kappa shape index (κ1) is 12.9. The predicted octanol–water partition coefficient (Wildman–Crippen LogP) is 1.77. The summed E-state index contributed by atoms with van der Waals surface area (Å²) >= 11 is 0. The van der Waals surface area contributed by atoms with Crippen LogP contribution in [0.4, 0.5) is 0 Å². The van der Waals surface area contributed by atoms with Gasteiger partial charge in [0, 0.05) is 32.8 Å². The molecule has 1 aliphatic rings. The quantitative estimate of drug-likeness (QED) is 0.630. The summed E-state index contributed by atoms with van der Waals surface area (Å²) in [6.07, 6.45) is 2.37. The van der Waals surface area contributed by atoms with Crippen molar-refractivity contribution < 1.29 is 9.47 Å². The standard InChI is InChI=1S/C12H25NO2/c1-11(2)9-12-10-15-8-6-13(12)5-4-7-14-3/h11-12H,4-10H2,1-3H3/t12-/m1/s1. The maximum atomic E-state index is 5.55. The van der Waals surface area contributed by atoms with Crippen LogP contribution in [-0.4, -0.2) is 51.0 Å². The largest absolute Gasteiger partial charge is 0.385 e. The third-order valence-electron chi connectivity index (χ3n) is 2.89. The van der Waals surface area contributed by atoms with Crippen LogP contribution in [0.3, 0.4) is 0 Å². The highest BCUT2D eigenvalue weighted by Crippen LogP contribution is 2.15. The molecular weight excluding hydrogens is 190 g/mol. The fraction of sp³-hybridized carbons (Fsp3) is 1.00. The van der Waals surface area contributed by atoms with Crippen LogP contribution in [0, 0.1) is 5.92 Å². The highest BCUT2D eigenvalue weighted by molar-refractivity contribution is 4.76. The van der Waals surface area contributed by atoms with Crippen molar-refractivity contribution in [1.29, 1.82) is 0 Å². The number of ether oxygens (including phenoxy) is 2. The second-order valence-electron chi connectivity index (χ2n) is 4.74. The first-order chi connectivity index (χ1) is 7.24. The number of nitrogens with zero attached hydrogens (tertiary/aromatic N) is 1. The summed E-state index contributed by atoms with van der Waals surface area (Å²) < 4.78 is 10.6. The Kier molecular flexibility index (Phi) is 6.22. The van der Waals surface area contributed by atoms with Crippen molar-refractivity contribution >= 4 is 0 Å². The van der Waals surface area contributed by atoms with Crippen LogP contribution in [0.15, 0.2) is 0 Å². The first-order valence-corrected chi connectivity index (χ1v) is 6.04. The van der Waals surface area contributed by atoms with Gasteiger partial charge in [0.2, 0.25) is 0 Å². The SMILES string of the molecule is COCCCN1CCOC[C@H]1CC(C)C. The molecule has 0 aromatic heterocycles. The van der Waals surface area contributed by atoms with E-state index in [0.717, 1.165) is 45.2 Å². The van der Waals surface area contributed by atoms with Crippen LogP contribution in [0.5, 0.6) is 0 Å². The molecule has 0 radical (unpaired) electrons. The van der Waals surface area contributed by atoms with Gasteiger partial charge in [0.1, 0.15) is 0 Å². The van der Waals surface area contributed by atoms with E-state index in [2.05, 4.69) is 18.7 Å². The monoisotopic (exact) mass is 215 g/mol. The van der Waals surface area contributed by atoms with E-state index in [4.69, 9.17) is 9.47 Å². The van der Waals surface area contributed by atoms with Crippen molar-refractivity contribution in [3.8, 4) is 0 Å². The number of morpholine rings is 1. The fourth-order valence-corrected chi connectivity index (χ4v) is 2.16. The van der Waals surface area contributed by atoms with Crippen molar-refractivity contribution in [2.45, 2.75) is 32.7 Å². The topological polar surface area (TPSA) is 21.7 Å². The van der Waals surface area contributed by atoms with Crippen LogP contribution < -0.4 is 0 Å². The Morgan fingerprint density at radius 1 is 1.47 bits per heavy atom. The van der Waals surface area contributed by atoms with Gasteiger partial charge in [-0.1, -0.05) is 13.8 Å². The highest BCUT2D eigenvalue weighted by atomic mass is 16.5. The van der Waals surface area contributed by atoms with Crippen LogP contribution in [-0.2, 0) is 9.47 Å². The molecule has 0 bridgehead atoms. The van der Waals surface area contributed by atoms with Gasteiger partial charge in [-0.05, 0) is 18.8 Å². The molecule has 1 atom stereocenters. The summed E-state index contributed by atoms with van der Waals surface area (Å²) in [7, 11) is 1.77. The molecule has 0 unspecified atom stereocenters. The molecule has 1 saturated heterocycles. The molecule has 1 heterocycles. The predicted molar refractivity (Wildman–Crippen MR) is 62.1 cm³/mol. The van der Waals surface area contributed by atoms with Crippen LogP contribution >= 0.6 is 0 Å². The molecule has 3 nitrogen and oxygen atoms in total. The average molecular weight is 215 g/mol. The van der Waals surface area contributed by atoms with Gasteiger partial charge in [-0.15, -0.1) is 0 Å². The van der Waals surface area contributed by atoms with Gasteiger partial charge in [-0.3, -0.25) is 4.90 Å². The van der Waals surface area contributed by atoms with Crippen molar-refractivity contribution in [2.75, 3.05) is 40.0 Å². The summed E-state index contributed by atoms with van der Waals surface area (Å²) in [5.74, 6) is 0.752. The Morgan fingerprint density at radius 2 is 2.27 bits per heavy atom. The maximum Gasteiger partial charge on any atom is 0.0622 e. The van der Waals surface area contributed by atoms with Gasteiger partial charge in [-0.25, -0.2) is 0 Å². The molecular formula is C12H25NO2. The van der Waals surface area contributed by atoms with E-state index in [-0.39, 0.29) is 0 Å². The van der Waals surface area contributed by atoms with Gasteiger partial charge >= 0.3 is 0 Å². The van der Waals surface area contributed by atoms with Gasteiger partial charge in [0.25, 0.3) is 0 Å². The molecule has 1 fully saturated rings. The molecule has 0 N–H and O–H groups in total. The summed E-state index contributed by atoms with van der Waals surface area (Å²) in [6.45, 7) is 9.46. The third-order valence-corrected chi connectivity index (χ3v) is 2.89. The summed E-state index contributed by atoms with van der Waals surface area (Å²) in [5, 5.41) is 0. The molecule has 1 rings (SSSR count). The van der Waals surface area contributed by atoms with E-state index in [1.165, 1.54) is 6.42 Å². The smallest absolute Gasteiger partial charge is 0.0622 e. The normalized spacial score (nSPS) is 23.6. The molecule has 0 spiro atoms. The summed E-state index contributed by atoms with van der Waals surface area (Å²) in [5.41, 5.74) is 0. The number of methoxy groups -OCH3 is 1. The van der Waals surface area contributed by atoms with E-state index in [9.17, 15) is 0 Å². The zero-order valence-electron chi connectivity index (χ0n) is 10.4. The van der Waals surface area contributed by atoms with Gasteiger partial charge in [-0.2, -0.15) is 0 Å². The minimum absolute atomic E-state index is 0.621. The van der Waals surface area contributed by atoms with E-state index >= 15 is 0 Å².